The molecule has 0 spiro atoms. The Balaban J connectivity index is 2.19. The number of sulfonamides is 1. The number of amides is 1. The lowest BCUT2D eigenvalue weighted by Gasteiger charge is -2.15. The summed E-state index contributed by atoms with van der Waals surface area (Å²) in [7, 11) is -3.76. The van der Waals surface area contributed by atoms with E-state index in [9.17, 15) is 23.1 Å². The van der Waals surface area contributed by atoms with Crippen molar-refractivity contribution in [2.75, 3.05) is 0 Å². The van der Waals surface area contributed by atoms with Gasteiger partial charge in [0, 0.05) is 18.0 Å². The number of aliphatic carboxylic acids is 1. The van der Waals surface area contributed by atoms with Crippen LogP contribution in [0.25, 0.3) is 0 Å². The summed E-state index contributed by atoms with van der Waals surface area (Å²) in [6.45, 7) is 3.38. The largest absolute Gasteiger partial charge is 0.480 e. The lowest BCUT2D eigenvalue weighted by molar-refractivity contribution is -0.139. The van der Waals surface area contributed by atoms with Gasteiger partial charge in [-0.15, -0.1) is 0 Å². The molecule has 3 N–H and O–H groups in total. The van der Waals surface area contributed by atoms with Crippen molar-refractivity contribution >= 4 is 21.9 Å². The number of carbonyl (C=O) groups is 2. The SMILES string of the molecule is CC(C)NS(=O)(=O)c1cccc(C(=O)N[C@@H](Cc2ccccc2)C(=O)O)c1. The molecule has 8 heteroatoms. The summed E-state index contributed by atoms with van der Waals surface area (Å²) in [4.78, 5) is 23.9. The number of carbonyl (C=O) groups excluding carboxylic acids is 1. The molecule has 0 heterocycles. The standard InChI is InChI=1S/C19H22N2O5S/c1-13(2)21-27(25,26)16-10-6-9-15(12-16)18(22)20-17(19(23)24)11-14-7-4-3-5-8-14/h3-10,12-13,17,21H,11H2,1-2H3,(H,20,22)(H,23,24)/t17-/m0/s1. The van der Waals surface area contributed by atoms with Gasteiger partial charge >= 0.3 is 5.97 Å². The predicted octanol–water partition coefficient (Wildman–Crippen LogP) is 1.80. The zero-order chi connectivity index (χ0) is 20.0. The van der Waals surface area contributed by atoms with E-state index in [-0.39, 0.29) is 22.9 Å². The highest BCUT2D eigenvalue weighted by molar-refractivity contribution is 7.89. The lowest BCUT2D eigenvalue weighted by Crippen LogP contribution is -2.42. The van der Waals surface area contributed by atoms with Crippen LogP contribution in [0.2, 0.25) is 0 Å². The van der Waals surface area contributed by atoms with Crippen molar-refractivity contribution in [1.82, 2.24) is 10.0 Å². The summed E-state index contributed by atoms with van der Waals surface area (Å²) in [5.74, 6) is -1.82. The number of hydrogen-bond acceptors (Lipinski definition) is 4. The van der Waals surface area contributed by atoms with Crippen molar-refractivity contribution < 1.29 is 23.1 Å². The maximum Gasteiger partial charge on any atom is 0.326 e. The van der Waals surface area contributed by atoms with Crippen LogP contribution in [0, 0.1) is 0 Å². The normalized spacial score (nSPS) is 12.6. The Morgan fingerprint density at radius 2 is 1.70 bits per heavy atom. The molecule has 27 heavy (non-hydrogen) atoms. The minimum absolute atomic E-state index is 0.0567. The van der Waals surface area contributed by atoms with Crippen LogP contribution >= 0.6 is 0 Å². The van der Waals surface area contributed by atoms with E-state index in [1.807, 2.05) is 6.07 Å². The Kier molecular flexibility index (Phi) is 6.70. The van der Waals surface area contributed by atoms with Crippen LogP contribution in [-0.4, -0.2) is 37.5 Å². The van der Waals surface area contributed by atoms with Gasteiger partial charge in [0.25, 0.3) is 5.91 Å². The van der Waals surface area contributed by atoms with Gasteiger partial charge in [0.05, 0.1) is 4.90 Å². The molecule has 0 aromatic heterocycles. The molecule has 2 aromatic rings. The van der Waals surface area contributed by atoms with Crippen LogP contribution in [0.1, 0.15) is 29.8 Å². The van der Waals surface area contributed by atoms with Crippen LogP contribution in [0.4, 0.5) is 0 Å². The summed E-state index contributed by atoms with van der Waals surface area (Å²) in [5.41, 5.74) is 0.837. The minimum Gasteiger partial charge on any atom is -0.480 e. The third-order valence-corrected chi connectivity index (χ3v) is 5.34. The molecule has 144 valence electrons. The zero-order valence-corrected chi connectivity index (χ0v) is 15.9. The van der Waals surface area contributed by atoms with Crippen molar-refractivity contribution in [3.63, 3.8) is 0 Å². The fourth-order valence-electron chi connectivity index (χ4n) is 2.47. The lowest BCUT2D eigenvalue weighted by atomic mass is 10.1. The van der Waals surface area contributed by atoms with Crippen molar-refractivity contribution in [2.24, 2.45) is 0 Å². The zero-order valence-electron chi connectivity index (χ0n) is 15.0. The monoisotopic (exact) mass is 390 g/mol. The number of carboxylic acid groups (broad SMARTS) is 1. The summed E-state index contributed by atoms with van der Waals surface area (Å²) in [6, 6.07) is 13.0. The molecule has 1 amide bonds. The van der Waals surface area contributed by atoms with Gasteiger partial charge in [-0.25, -0.2) is 17.9 Å². The van der Waals surface area contributed by atoms with Gasteiger partial charge in [0.1, 0.15) is 6.04 Å². The molecule has 0 saturated carbocycles. The molecule has 0 radical (unpaired) electrons. The molecule has 0 aliphatic heterocycles. The number of nitrogens with one attached hydrogen (secondary N) is 2. The first-order chi connectivity index (χ1) is 12.7. The Bertz CT molecular complexity index is 911. The van der Waals surface area contributed by atoms with Gasteiger partial charge < -0.3 is 10.4 Å². The van der Waals surface area contributed by atoms with E-state index in [0.717, 1.165) is 5.56 Å². The first-order valence-corrected chi connectivity index (χ1v) is 9.87. The maximum absolute atomic E-state index is 12.5. The van der Waals surface area contributed by atoms with Crippen LogP contribution in [0.15, 0.2) is 59.5 Å². The Labute approximate surface area is 158 Å². The van der Waals surface area contributed by atoms with Crippen molar-refractivity contribution in [2.45, 2.75) is 37.2 Å². The third kappa shape index (κ3) is 5.90. The van der Waals surface area contributed by atoms with E-state index < -0.39 is 27.9 Å². The topological polar surface area (TPSA) is 113 Å². The molecule has 7 nitrogen and oxygen atoms in total. The molecule has 0 unspecified atom stereocenters. The van der Waals surface area contributed by atoms with Gasteiger partial charge in [-0.3, -0.25) is 4.79 Å². The van der Waals surface area contributed by atoms with Crippen LogP contribution < -0.4 is 10.0 Å². The molecule has 0 fully saturated rings. The summed E-state index contributed by atoms with van der Waals surface area (Å²) in [5, 5.41) is 11.8. The highest BCUT2D eigenvalue weighted by atomic mass is 32.2. The highest BCUT2D eigenvalue weighted by Gasteiger charge is 2.22. The van der Waals surface area contributed by atoms with E-state index in [0.29, 0.717) is 0 Å². The first-order valence-electron chi connectivity index (χ1n) is 8.39. The summed E-state index contributed by atoms with van der Waals surface area (Å²) < 4.78 is 26.9. The van der Waals surface area contributed by atoms with E-state index in [1.165, 1.54) is 24.3 Å². The molecule has 0 bridgehead atoms. The van der Waals surface area contributed by atoms with Crippen LogP contribution in [0.3, 0.4) is 0 Å². The molecular formula is C19H22N2O5S. The van der Waals surface area contributed by atoms with Gasteiger partial charge in [-0.1, -0.05) is 36.4 Å². The molecule has 2 aromatic carbocycles. The van der Waals surface area contributed by atoms with Crippen molar-refractivity contribution in [3.05, 3.63) is 65.7 Å². The van der Waals surface area contributed by atoms with Crippen molar-refractivity contribution in [3.8, 4) is 0 Å². The third-order valence-electron chi connectivity index (χ3n) is 3.68. The molecule has 0 aliphatic carbocycles. The molecule has 1 atom stereocenters. The quantitative estimate of drug-likeness (QED) is 0.636. The maximum atomic E-state index is 12.5. The number of hydrogen-bond donors (Lipinski definition) is 3. The highest BCUT2D eigenvalue weighted by Crippen LogP contribution is 2.13. The second kappa shape index (κ2) is 8.79. The molecule has 2 rings (SSSR count). The Hall–Kier alpha value is -2.71. The first kappa shape index (κ1) is 20.6. The summed E-state index contributed by atoms with van der Waals surface area (Å²) >= 11 is 0. The number of benzene rings is 2. The van der Waals surface area contributed by atoms with E-state index in [1.54, 1.807) is 38.1 Å². The van der Waals surface area contributed by atoms with Crippen LogP contribution in [0.5, 0.6) is 0 Å². The van der Waals surface area contributed by atoms with E-state index in [4.69, 9.17) is 0 Å². The fraction of sp³-hybridized carbons (Fsp3) is 0.263. The summed E-state index contributed by atoms with van der Waals surface area (Å²) in [6.07, 6.45) is 0.120. The van der Waals surface area contributed by atoms with E-state index >= 15 is 0 Å². The molecule has 0 saturated heterocycles. The fourth-order valence-corrected chi connectivity index (χ4v) is 3.77. The van der Waals surface area contributed by atoms with Gasteiger partial charge in [0.2, 0.25) is 10.0 Å². The predicted molar refractivity (Wildman–Crippen MR) is 101 cm³/mol. The van der Waals surface area contributed by atoms with Crippen LogP contribution in [-0.2, 0) is 21.2 Å². The van der Waals surface area contributed by atoms with Gasteiger partial charge in [-0.2, -0.15) is 0 Å². The smallest absolute Gasteiger partial charge is 0.326 e. The van der Waals surface area contributed by atoms with Gasteiger partial charge in [0.15, 0.2) is 0 Å². The van der Waals surface area contributed by atoms with Crippen molar-refractivity contribution in [1.29, 1.82) is 0 Å². The van der Waals surface area contributed by atoms with Gasteiger partial charge in [-0.05, 0) is 37.6 Å². The second-order valence-corrected chi connectivity index (χ2v) is 8.07. The second-order valence-electron chi connectivity index (χ2n) is 6.36. The molecule has 0 aliphatic rings. The average Bonchev–Trinajstić information content (AvgIpc) is 2.61. The Morgan fingerprint density at radius 3 is 2.30 bits per heavy atom. The number of rotatable bonds is 8. The number of carboxylic acids is 1. The molecular weight excluding hydrogens is 368 g/mol. The Morgan fingerprint density at radius 1 is 1.04 bits per heavy atom. The average molecular weight is 390 g/mol. The minimum atomic E-state index is -3.76. The van der Waals surface area contributed by atoms with E-state index in [2.05, 4.69) is 10.0 Å².